The molecule has 7 heteroatoms. The van der Waals surface area contributed by atoms with Crippen LogP contribution in [0.3, 0.4) is 0 Å². The number of fused-ring (bicyclic) bond motifs is 1. The second kappa shape index (κ2) is 5.84. The number of carbonyl (C=O) groups is 1. The largest absolute Gasteiger partial charge is 0.302 e. The highest BCUT2D eigenvalue weighted by Gasteiger charge is 2.11. The number of amides is 1. The van der Waals surface area contributed by atoms with Gasteiger partial charge in [-0.05, 0) is 37.6 Å². The van der Waals surface area contributed by atoms with Gasteiger partial charge in [0.05, 0.1) is 22.3 Å². The number of aromatic nitrogens is 3. The van der Waals surface area contributed by atoms with Gasteiger partial charge in [0.2, 0.25) is 5.91 Å². The van der Waals surface area contributed by atoms with E-state index in [1.54, 1.807) is 17.7 Å². The molecular weight excluding hydrogens is 303 g/mol. The van der Waals surface area contributed by atoms with Gasteiger partial charge in [-0.15, -0.1) is 0 Å². The Labute approximate surface area is 130 Å². The summed E-state index contributed by atoms with van der Waals surface area (Å²) in [4.78, 5) is 16.3. The van der Waals surface area contributed by atoms with E-state index >= 15 is 0 Å². The molecule has 2 aromatic heterocycles. The van der Waals surface area contributed by atoms with Crippen LogP contribution in [0.15, 0.2) is 24.4 Å². The summed E-state index contributed by atoms with van der Waals surface area (Å²) in [6, 6.07) is 4.95. The Morgan fingerprint density at radius 2 is 2.27 bits per heavy atom. The topological polar surface area (TPSA) is 59.8 Å². The number of benzene rings is 1. The van der Waals surface area contributed by atoms with Crippen molar-refractivity contribution in [3.63, 3.8) is 0 Å². The third-order valence-electron chi connectivity index (χ3n) is 3.28. The summed E-state index contributed by atoms with van der Waals surface area (Å²) in [6.45, 7) is 4.44. The van der Waals surface area contributed by atoms with Crippen LogP contribution in [0.4, 0.5) is 9.52 Å². The molecule has 0 spiro atoms. The Bertz CT molecular complexity index is 800. The molecule has 22 heavy (non-hydrogen) atoms. The van der Waals surface area contributed by atoms with Gasteiger partial charge in [0.1, 0.15) is 5.82 Å². The third kappa shape index (κ3) is 2.99. The standard InChI is InChI=1S/C15H15FN4OS/c1-3-20-5-4-10(19-20)7-14(21)18-15-17-12-6-9(2)11(16)8-13(12)22-15/h4-6,8H,3,7H2,1-2H3,(H,17,18,21). The highest BCUT2D eigenvalue weighted by molar-refractivity contribution is 7.22. The number of aryl methyl sites for hydroxylation is 2. The Morgan fingerprint density at radius 1 is 1.45 bits per heavy atom. The number of nitrogens with one attached hydrogen (secondary N) is 1. The first-order valence-electron chi connectivity index (χ1n) is 6.94. The Balaban J connectivity index is 1.73. The van der Waals surface area contributed by atoms with E-state index in [4.69, 9.17) is 0 Å². The monoisotopic (exact) mass is 318 g/mol. The van der Waals surface area contributed by atoms with Crippen molar-refractivity contribution < 1.29 is 9.18 Å². The van der Waals surface area contributed by atoms with Gasteiger partial charge >= 0.3 is 0 Å². The first-order chi connectivity index (χ1) is 10.5. The predicted octanol–water partition coefficient (Wildman–Crippen LogP) is 3.14. The second-order valence-electron chi connectivity index (χ2n) is 4.98. The van der Waals surface area contributed by atoms with Crippen molar-refractivity contribution in [2.24, 2.45) is 0 Å². The lowest BCUT2D eigenvalue weighted by atomic mass is 10.2. The van der Waals surface area contributed by atoms with Crippen molar-refractivity contribution in [3.8, 4) is 0 Å². The Hall–Kier alpha value is -2.28. The molecule has 1 aromatic carbocycles. The van der Waals surface area contributed by atoms with Crippen LogP contribution >= 0.6 is 11.3 Å². The van der Waals surface area contributed by atoms with Crippen molar-refractivity contribution in [1.29, 1.82) is 0 Å². The molecule has 0 atom stereocenters. The van der Waals surface area contributed by atoms with E-state index in [1.807, 2.05) is 19.2 Å². The number of carbonyl (C=O) groups excluding carboxylic acids is 1. The molecule has 0 unspecified atom stereocenters. The number of thiazole rings is 1. The number of rotatable bonds is 4. The number of anilines is 1. The first-order valence-corrected chi connectivity index (χ1v) is 7.75. The summed E-state index contributed by atoms with van der Waals surface area (Å²) in [6.07, 6.45) is 2.03. The minimum absolute atomic E-state index is 0.183. The van der Waals surface area contributed by atoms with Crippen LogP contribution in [0.5, 0.6) is 0 Å². The zero-order chi connectivity index (χ0) is 15.7. The lowest BCUT2D eigenvalue weighted by Gasteiger charge is -1.99. The first kappa shape index (κ1) is 14.6. The summed E-state index contributed by atoms with van der Waals surface area (Å²) < 4.78 is 16.0. The molecule has 114 valence electrons. The fourth-order valence-corrected chi connectivity index (χ4v) is 3.00. The van der Waals surface area contributed by atoms with E-state index < -0.39 is 0 Å². The van der Waals surface area contributed by atoms with Crippen LogP contribution in [0.1, 0.15) is 18.2 Å². The molecule has 0 saturated carbocycles. The molecule has 0 aliphatic carbocycles. The zero-order valence-corrected chi connectivity index (χ0v) is 13.1. The van der Waals surface area contributed by atoms with Crippen molar-refractivity contribution in [1.82, 2.24) is 14.8 Å². The van der Waals surface area contributed by atoms with Gasteiger partial charge in [0, 0.05) is 12.7 Å². The van der Waals surface area contributed by atoms with Gasteiger partial charge in [-0.1, -0.05) is 11.3 Å². The lowest BCUT2D eigenvalue weighted by Crippen LogP contribution is -2.14. The minimum atomic E-state index is -0.265. The van der Waals surface area contributed by atoms with E-state index in [1.165, 1.54) is 17.4 Å². The molecule has 0 radical (unpaired) electrons. The number of nitrogens with zero attached hydrogens (tertiary/aromatic N) is 3. The fraction of sp³-hybridized carbons (Fsp3) is 0.267. The molecular formula is C15H15FN4OS. The maximum Gasteiger partial charge on any atom is 0.232 e. The summed E-state index contributed by atoms with van der Waals surface area (Å²) in [5.41, 5.74) is 1.94. The summed E-state index contributed by atoms with van der Waals surface area (Å²) >= 11 is 1.26. The van der Waals surface area contributed by atoms with E-state index in [0.29, 0.717) is 26.6 Å². The molecule has 2 heterocycles. The molecule has 0 fully saturated rings. The summed E-state index contributed by atoms with van der Waals surface area (Å²) in [5.74, 6) is -0.447. The van der Waals surface area contributed by atoms with Crippen LogP contribution in [-0.4, -0.2) is 20.7 Å². The molecule has 1 amide bonds. The molecule has 5 nitrogen and oxygen atoms in total. The zero-order valence-electron chi connectivity index (χ0n) is 12.3. The van der Waals surface area contributed by atoms with Crippen molar-refractivity contribution >= 4 is 32.6 Å². The van der Waals surface area contributed by atoms with Crippen LogP contribution in [0.25, 0.3) is 10.2 Å². The molecule has 0 aliphatic rings. The minimum Gasteiger partial charge on any atom is -0.302 e. The maximum atomic E-state index is 13.5. The van der Waals surface area contributed by atoms with Crippen LogP contribution in [0.2, 0.25) is 0 Å². The molecule has 0 saturated heterocycles. The van der Waals surface area contributed by atoms with Crippen molar-refractivity contribution in [2.45, 2.75) is 26.8 Å². The van der Waals surface area contributed by atoms with Crippen molar-refractivity contribution in [3.05, 3.63) is 41.5 Å². The predicted molar refractivity (Wildman–Crippen MR) is 84.5 cm³/mol. The molecule has 3 aromatic rings. The van der Waals surface area contributed by atoms with Crippen LogP contribution in [0, 0.1) is 12.7 Å². The SMILES string of the molecule is CCn1ccc(CC(=O)Nc2nc3cc(C)c(F)cc3s2)n1. The highest BCUT2D eigenvalue weighted by Crippen LogP contribution is 2.28. The van der Waals surface area contributed by atoms with Gasteiger partial charge in [0.25, 0.3) is 0 Å². The number of hydrogen-bond donors (Lipinski definition) is 1. The summed E-state index contributed by atoms with van der Waals surface area (Å²) in [7, 11) is 0. The van der Waals surface area contributed by atoms with Crippen LogP contribution < -0.4 is 5.32 Å². The smallest absolute Gasteiger partial charge is 0.232 e. The molecule has 3 rings (SSSR count). The van der Waals surface area contributed by atoms with E-state index in [0.717, 1.165) is 6.54 Å². The molecule has 1 N–H and O–H groups in total. The number of hydrogen-bond acceptors (Lipinski definition) is 4. The Kier molecular flexibility index (Phi) is 3.89. The average Bonchev–Trinajstić information content (AvgIpc) is 3.05. The van der Waals surface area contributed by atoms with E-state index in [2.05, 4.69) is 15.4 Å². The highest BCUT2D eigenvalue weighted by atomic mass is 32.1. The van der Waals surface area contributed by atoms with Crippen molar-refractivity contribution in [2.75, 3.05) is 5.32 Å². The fourth-order valence-electron chi connectivity index (χ4n) is 2.11. The Morgan fingerprint density at radius 3 is 3.00 bits per heavy atom. The van der Waals surface area contributed by atoms with Gasteiger partial charge in [-0.25, -0.2) is 9.37 Å². The normalized spacial score (nSPS) is 11.0. The quantitative estimate of drug-likeness (QED) is 0.804. The van der Waals surface area contributed by atoms with Crippen LogP contribution in [-0.2, 0) is 17.8 Å². The third-order valence-corrected chi connectivity index (χ3v) is 4.21. The summed E-state index contributed by atoms with van der Waals surface area (Å²) in [5, 5.41) is 7.48. The maximum absolute atomic E-state index is 13.5. The molecule has 0 bridgehead atoms. The van der Waals surface area contributed by atoms with Gasteiger partial charge in [-0.2, -0.15) is 5.10 Å². The van der Waals surface area contributed by atoms with Gasteiger partial charge in [-0.3, -0.25) is 9.48 Å². The van der Waals surface area contributed by atoms with Gasteiger partial charge in [0.15, 0.2) is 5.13 Å². The average molecular weight is 318 g/mol. The number of halogens is 1. The molecule has 0 aliphatic heterocycles. The lowest BCUT2D eigenvalue weighted by molar-refractivity contribution is -0.115. The van der Waals surface area contributed by atoms with E-state index in [-0.39, 0.29) is 18.1 Å². The van der Waals surface area contributed by atoms with Gasteiger partial charge < -0.3 is 5.32 Å². The van der Waals surface area contributed by atoms with E-state index in [9.17, 15) is 9.18 Å². The second-order valence-corrected chi connectivity index (χ2v) is 6.01.